The second kappa shape index (κ2) is 8.25. The van der Waals surface area contributed by atoms with Gasteiger partial charge in [-0.15, -0.1) is 0 Å². The van der Waals surface area contributed by atoms with Crippen LogP contribution in [-0.4, -0.2) is 40.4 Å². The van der Waals surface area contributed by atoms with E-state index in [2.05, 4.69) is 10.3 Å². The van der Waals surface area contributed by atoms with Gasteiger partial charge < -0.3 is 15.8 Å². The third kappa shape index (κ3) is 4.45. The number of aliphatic imine (C=N–C) groups is 1. The zero-order valence-corrected chi connectivity index (χ0v) is 20.0. The maximum Gasteiger partial charge on any atom is 0.231 e. The molecule has 32 heavy (non-hydrogen) atoms. The van der Waals surface area contributed by atoms with Gasteiger partial charge in [-0.05, 0) is 51.2 Å². The van der Waals surface area contributed by atoms with E-state index in [1.54, 1.807) is 11.0 Å². The molecule has 174 valence electrons. The molecular formula is C24H33ClN4O3. The molecule has 3 aliphatic rings. The summed E-state index contributed by atoms with van der Waals surface area (Å²) >= 11 is 6.14. The van der Waals surface area contributed by atoms with Gasteiger partial charge >= 0.3 is 0 Å². The van der Waals surface area contributed by atoms with Crippen LogP contribution in [0, 0.1) is 11.8 Å². The lowest BCUT2D eigenvalue weighted by atomic mass is 9.88. The third-order valence-corrected chi connectivity index (χ3v) is 7.39. The summed E-state index contributed by atoms with van der Waals surface area (Å²) in [5.41, 5.74) is 6.32. The molecule has 7 nitrogen and oxygen atoms in total. The van der Waals surface area contributed by atoms with Crippen LogP contribution in [0.15, 0.2) is 23.2 Å². The fourth-order valence-electron chi connectivity index (χ4n) is 4.94. The Balaban J connectivity index is 1.41. The number of carbonyl (C=O) groups is 2. The van der Waals surface area contributed by atoms with Crippen molar-refractivity contribution < 1.29 is 14.3 Å². The molecule has 2 heterocycles. The van der Waals surface area contributed by atoms with Crippen molar-refractivity contribution in [2.45, 2.75) is 77.0 Å². The Bertz CT molecular complexity index is 957. The largest absolute Gasteiger partial charge is 0.487 e. The summed E-state index contributed by atoms with van der Waals surface area (Å²) < 4.78 is 6.06. The summed E-state index contributed by atoms with van der Waals surface area (Å²) in [6, 6.07) is 5.39. The van der Waals surface area contributed by atoms with E-state index in [-0.39, 0.29) is 41.2 Å². The second-order valence-electron chi connectivity index (χ2n) is 9.99. The average Bonchev–Trinajstić information content (AvgIpc) is 3.49. The van der Waals surface area contributed by atoms with E-state index >= 15 is 0 Å². The van der Waals surface area contributed by atoms with E-state index < -0.39 is 5.60 Å². The highest BCUT2D eigenvalue weighted by Crippen LogP contribution is 2.44. The lowest BCUT2D eigenvalue weighted by Gasteiger charge is -2.38. The molecular weight excluding hydrogens is 428 g/mol. The number of hydrogen-bond donors (Lipinski definition) is 2. The number of fused-ring (bicyclic) bond motifs is 1. The van der Waals surface area contributed by atoms with Gasteiger partial charge in [0.25, 0.3) is 0 Å². The van der Waals surface area contributed by atoms with Gasteiger partial charge in [-0.2, -0.15) is 0 Å². The first-order valence-corrected chi connectivity index (χ1v) is 11.9. The van der Waals surface area contributed by atoms with Crippen LogP contribution in [0.25, 0.3) is 0 Å². The Morgan fingerprint density at radius 1 is 1.34 bits per heavy atom. The molecule has 3 N–H and O–H groups in total. The molecule has 1 aromatic rings. The maximum absolute atomic E-state index is 13.0. The zero-order chi connectivity index (χ0) is 23.3. The predicted molar refractivity (Wildman–Crippen MR) is 125 cm³/mol. The molecule has 0 aromatic heterocycles. The van der Waals surface area contributed by atoms with Gasteiger partial charge in [0.15, 0.2) is 5.96 Å². The molecule has 3 atom stereocenters. The zero-order valence-electron chi connectivity index (χ0n) is 19.3. The number of hydrogen-bond acceptors (Lipinski definition) is 5. The molecule has 0 radical (unpaired) electrons. The summed E-state index contributed by atoms with van der Waals surface area (Å²) in [5.74, 6) is 0.985. The van der Waals surface area contributed by atoms with Crippen molar-refractivity contribution in [2.24, 2.45) is 22.6 Å². The van der Waals surface area contributed by atoms with Gasteiger partial charge in [0.1, 0.15) is 11.4 Å². The molecule has 4 rings (SSSR count). The Labute approximate surface area is 194 Å². The molecule has 8 heteroatoms. The summed E-state index contributed by atoms with van der Waals surface area (Å²) in [6.45, 7) is 8.53. The summed E-state index contributed by atoms with van der Waals surface area (Å²) in [4.78, 5) is 32.0. The van der Waals surface area contributed by atoms with E-state index in [0.29, 0.717) is 30.2 Å². The first-order valence-electron chi connectivity index (χ1n) is 11.5. The molecule has 0 bridgehead atoms. The minimum Gasteiger partial charge on any atom is -0.487 e. The van der Waals surface area contributed by atoms with Crippen molar-refractivity contribution in [3.63, 3.8) is 0 Å². The van der Waals surface area contributed by atoms with E-state index in [1.165, 1.54) is 0 Å². The molecule has 2 amide bonds. The minimum absolute atomic E-state index is 0.00393. The standard InChI is InChI=1S/C24H33ClN4O3/c1-5-24(6-2)12-20(30)29(22(26)28-24)13-14-9-17(14)21(31)27-18-11-23(3,4)32-19-10-15(25)7-8-16(18)19/h7-8,10,14,17-18H,5-6,9,11-13H2,1-4H3,(H2,26,28)(H,27,31)/t14-,17+,18?/m1/s1. The van der Waals surface area contributed by atoms with Crippen molar-refractivity contribution in [3.8, 4) is 5.75 Å². The SMILES string of the molecule is CCC1(CC)CC(=O)N(C[C@H]2C[C@@H]2C(=O)NC2CC(C)(C)Oc3cc(Cl)ccc32)C(N)=N1. The fourth-order valence-corrected chi connectivity index (χ4v) is 5.10. The highest BCUT2D eigenvalue weighted by molar-refractivity contribution is 6.30. The molecule has 1 aliphatic carbocycles. The number of amides is 2. The van der Waals surface area contributed by atoms with Crippen LogP contribution in [0.3, 0.4) is 0 Å². The van der Waals surface area contributed by atoms with E-state index in [0.717, 1.165) is 24.8 Å². The third-order valence-electron chi connectivity index (χ3n) is 7.15. The monoisotopic (exact) mass is 460 g/mol. The number of ether oxygens (including phenoxy) is 1. The van der Waals surface area contributed by atoms with Gasteiger partial charge in [-0.1, -0.05) is 31.5 Å². The van der Waals surface area contributed by atoms with Gasteiger partial charge in [-0.25, -0.2) is 4.99 Å². The number of nitrogens with zero attached hydrogens (tertiary/aromatic N) is 2. The normalized spacial score (nSPS) is 27.8. The van der Waals surface area contributed by atoms with Crippen LogP contribution in [0.2, 0.25) is 5.02 Å². The highest BCUT2D eigenvalue weighted by Gasteiger charge is 2.47. The average molecular weight is 461 g/mol. The Kier molecular flexibility index (Phi) is 5.90. The van der Waals surface area contributed by atoms with Gasteiger partial charge in [0.05, 0.1) is 18.0 Å². The van der Waals surface area contributed by atoms with Crippen LogP contribution in [0.5, 0.6) is 5.75 Å². The van der Waals surface area contributed by atoms with Crippen LogP contribution in [0.1, 0.15) is 71.4 Å². The number of rotatable bonds is 6. The van der Waals surface area contributed by atoms with E-state index in [9.17, 15) is 9.59 Å². The molecule has 1 aromatic carbocycles. The topological polar surface area (TPSA) is 97.0 Å². The lowest BCUT2D eigenvalue weighted by molar-refractivity contribution is -0.130. The molecule has 0 saturated heterocycles. The van der Waals surface area contributed by atoms with E-state index in [1.807, 2.05) is 39.8 Å². The maximum atomic E-state index is 13.0. The Morgan fingerprint density at radius 2 is 2.06 bits per heavy atom. The Morgan fingerprint density at radius 3 is 2.72 bits per heavy atom. The van der Waals surface area contributed by atoms with Gasteiger partial charge in [-0.3, -0.25) is 14.5 Å². The highest BCUT2D eigenvalue weighted by atomic mass is 35.5. The van der Waals surface area contributed by atoms with Crippen LogP contribution < -0.4 is 15.8 Å². The quantitative estimate of drug-likeness (QED) is 0.674. The number of nitrogens with two attached hydrogens (primary N) is 1. The predicted octanol–water partition coefficient (Wildman–Crippen LogP) is 3.80. The number of carbonyl (C=O) groups excluding carboxylic acids is 2. The first-order chi connectivity index (χ1) is 15.1. The van der Waals surface area contributed by atoms with Crippen molar-refractivity contribution in [2.75, 3.05) is 6.54 Å². The van der Waals surface area contributed by atoms with Crippen LogP contribution >= 0.6 is 11.6 Å². The minimum atomic E-state index is -0.408. The first kappa shape index (κ1) is 22.9. The molecule has 1 unspecified atom stereocenters. The van der Waals surface area contributed by atoms with Crippen molar-refractivity contribution >= 4 is 29.4 Å². The smallest absolute Gasteiger partial charge is 0.231 e. The summed E-state index contributed by atoms with van der Waals surface area (Å²) in [5, 5.41) is 3.81. The number of halogens is 1. The van der Waals surface area contributed by atoms with Crippen LogP contribution in [-0.2, 0) is 9.59 Å². The summed E-state index contributed by atoms with van der Waals surface area (Å²) in [7, 11) is 0. The molecule has 0 spiro atoms. The fraction of sp³-hybridized carbons (Fsp3) is 0.625. The molecule has 2 aliphatic heterocycles. The number of nitrogens with one attached hydrogen (secondary N) is 1. The number of benzene rings is 1. The van der Waals surface area contributed by atoms with Gasteiger partial charge in [0.2, 0.25) is 11.8 Å². The molecule has 1 saturated carbocycles. The van der Waals surface area contributed by atoms with Crippen molar-refractivity contribution in [3.05, 3.63) is 28.8 Å². The molecule has 1 fully saturated rings. The lowest BCUT2D eigenvalue weighted by Crippen LogP contribution is -2.52. The van der Waals surface area contributed by atoms with Gasteiger partial charge in [0, 0.05) is 29.5 Å². The van der Waals surface area contributed by atoms with Crippen LogP contribution in [0.4, 0.5) is 0 Å². The van der Waals surface area contributed by atoms with Crippen molar-refractivity contribution in [1.82, 2.24) is 10.2 Å². The Hall–Kier alpha value is -2.28. The van der Waals surface area contributed by atoms with E-state index in [4.69, 9.17) is 22.1 Å². The summed E-state index contributed by atoms with van der Waals surface area (Å²) in [6.07, 6.45) is 3.36. The van der Waals surface area contributed by atoms with Crippen molar-refractivity contribution in [1.29, 1.82) is 0 Å². The second-order valence-corrected chi connectivity index (χ2v) is 10.4. The number of guanidine groups is 1.